The average Bonchev–Trinajstić information content (AvgIpc) is 2.85. The lowest BCUT2D eigenvalue weighted by Crippen LogP contribution is -2.20. The van der Waals surface area contributed by atoms with Crippen LogP contribution < -0.4 is 10.3 Å². The second-order valence-electron chi connectivity index (χ2n) is 5.58. The van der Waals surface area contributed by atoms with Gasteiger partial charge in [-0.1, -0.05) is 18.2 Å². The number of thiophene rings is 1. The van der Waals surface area contributed by atoms with Gasteiger partial charge in [0.1, 0.15) is 10.6 Å². The zero-order valence-corrected chi connectivity index (χ0v) is 14.2. The number of hydrogen-bond donors (Lipinski definition) is 0. The molecule has 120 valence electrons. The lowest BCUT2D eigenvalue weighted by atomic mass is 10.2. The van der Waals surface area contributed by atoms with E-state index in [1.54, 1.807) is 22.2 Å². The molecule has 1 aromatic carbocycles. The average molecular weight is 328 g/mol. The van der Waals surface area contributed by atoms with Gasteiger partial charge in [-0.3, -0.25) is 9.36 Å². The van der Waals surface area contributed by atoms with Gasteiger partial charge >= 0.3 is 0 Å². The molecule has 23 heavy (non-hydrogen) atoms. The van der Waals surface area contributed by atoms with Crippen molar-refractivity contribution in [3.8, 4) is 5.75 Å². The van der Waals surface area contributed by atoms with E-state index in [0.29, 0.717) is 13.2 Å². The molecule has 0 saturated carbocycles. The topological polar surface area (TPSA) is 44.1 Å². The smallest absolute Gasteiger partial charge is 0.262 e. The molecule has 4 nitrogen and oxygen atoms in total. The standard InChI is InChI=1S/C18H20N2O2S/c1-13-14(2)23-17-16(13)18(21)20(12-19-17)10-6-7-11-22-15-8-4-3-5-9-15/h3-5,8-9,12H,6-7,10-11H2,1-2H3. The Morgan fingerprint density at radius 3 is 2.74 bits per heavy atom. The van der Waals surface area contributed by atoms with E-state index in [1.807, 2.05) is 44.2 Å². The molecule has 5 heteroatoms. The van der Waals surface area contributed by atoms with E-state index in [0.717, 1.165) is 34.4 Å². The fourth-order valence-corrected chi connectivity index (χ4v) is 3.51. The van der Waals surface area contributed by atoms with Crippen molar-refractivity contribution < 1.29 is 4.74 Å². The van der Waals surface area contributed by atoms with Gasteiger partial charge in [0.2, 0.25) is 0 Å². The van der Waals surface area contributed by atoms with Crippen LogP contribution in [0.25, 0.3) is 10.2 Å². The monoisotopic (exact) mass is 328 g/mol. The minimum atomic E-state index is 0.0702. The Balaban J connectivity index is 1.58. The Labute approximate surface area is 139 Å². The Morgan fingerprint density at radius 1 is 1.17 bits per heavy atom. The molecular weight excluding hydrogens is 308 g/mol. The highest BCUT2D eigenvalue weighted by molar-refractivity contribution is 7.18. The first kappa shape index (κ1) is 15.7. The van der Waals surface area contributed by atoms with E-state index in [1.165, 1.54) is 4.88 Å². The van der Waals surface area contributed by atoms with Crippen LogP contribution in [0.2, 0.25) is 0 Å². The molecule has 3 rings (SSSR count). The zero-order chi connectivity index (χ0) is 16.2. The van der Waals surface area contributed by atoms with Crippen molar-refractivity contribution in [3.05, 3.63) is 57.5 Å². The molecule has 0 unspecified atom stereocenters. The van der Waals surface area contributed by atoms with E-state index in [9.17, 15) is 4.79 Å². The van der Waals surface area contributed by atoms with E-state index >= 15 is 0 Å². The van der Waals surface area contributed by atoms with Crippen LogP contribution in [0.5, 0.6) is 5.75 Å². The van der Waals surface area contributed by atoms with Gasteiger partial charge in [0.05, 0.1) is 18.3 Å². The summed E-state index contributed by atoms with van der Waals surface area (Å²) in [6.07, 6.45) is 3.46. The highest BCUT2D eigenvalue weighted by Crippen LogP contribution is 2.25. The van der Waals surface area contributed by atoms with Crippen LogP contribution in [0.1, 0.15) is 23.3 Å². The summed E-state index contributed by atoms with van der Waals surface area (Å²) in [4.78, 5) is 19.0. The van der Waals surface area contributed by atoms with Crippen LogP contribution >= 0.6 is 11.3 Å². The molecule has 2 heterocycles. The quantitative estimate of drug-likeness (QED) is 0.644. The van der Waals surface area contributed by atoms with E-state index in [-0.39, 0.29) is 5.56 Å². The maximum absolute atomic E-state index is 12.5. The molecule has 0 fully saturated rings. The summed E-state index contributed by atoms with van der Waals surface area (Å²) in [6, 6.07) is 9.78. The number of rotatable bonds is 6. The molecule has 0 spiro atoms. The van der Waals surface area contributed by atoms with Gasteiger partial charge in [-0.05, 0) is 44.4 Å². The SMILES string of the molecule is Cc1sc2ncn(CCCCOc3ccccc3)c(=O)c2c1C. The van der Waals surface area contributed by atoms with Gasteiger partial charge in [-0.25, -0.2) is 4.98 Å². The Hall–Kier alpha value is -2.14. The number of fused-ring (bicyclic) bond motifs is 1. The number of hydrogen-bond acceptors (Lipinski definition) is 4. The van der Waals surface area contributed by atoms with Gasteiger partial charge in [0, 0.05) is 11.4 Å². The summed E-state index contributed by atoms with van der Waals surface area (Å²) in [5.41, 5.74) is 1.13. The fourth-order valence-electron chi connectivity index (χ4n) is 2.52. The summed E-state index contributed by atoms with van der Waals surface area (Å²) in [5.74, 6) is 0.886. The number of aromatic nitrogens is 2. The fraction of sp³-hybridized carbons (Fsp3) is 0.333. The van der Waals surface area contributed by atoms with Gasteiger partial charge in [0.15, 0.2) is 0 Å². The van der Waals surface area contributed by atoms with Crippen LogP contribution in [0, 0.1) is 13.8 Å². The Kier molecular flexibility index (Phi) is 4.76. The number of unbranched alkanes of at least 4 members (excludes halogenated alkanes) is 1. The van der Waals surface area contributed by atoms with Crippen LogP contribution in [-0.2, 0) is 6.54 Å². The normalized spacial score (nSPS) is 11.0. The first-order chi connectivity index (χ1) is 11.2. The summed E-state index contributed by atoms with van der Waals surface area (Å²) in [6.45, 7) is 5.36. The van der Waals surface area contributed by atoms with Gasteiger partial charge in [0.25, 0.3) is 5.56 Å². The van der Waals surface area contributed by atoms with E-state index in [2.05, 4.69) is 4.98 Å². The Morgan fingerprint density at radius 2 is 1.96 bits per heavy atom. The zero-order valence-electron chi connectivity index (χ0n) is 13.4. The van der Waals surface area contributed by atoms with Crippen molar-refractivity contribution in [1.82, 2.24) is 9.55 Å². The van der Waals surface area contributed by atoms with E-state index in [4.69, 9.17) is 4.74 Å². The van der Waals surface area contributed by atoms with Gasteiger partial charge in [-0.15, -0.1) is 11.3 Å². The summed E-state index contributed by atoms with van der Waals surface area (Å²) >= 11 is 1.59. The van der Waals surface area contributed by atoms with Gasteiger partial charge in [-0.2, -0.15) is 0 Å². The van der Waals surface area contributed by atoms with Crippen molar-refractivity contribution in [2.75, 3.05) is 6.61 Å². The molecule has 0 bridgehead atoms. The molecule has 2 aromatic heterocycles. The second kappa shape index (κ2) is 6.96. The molecule has 0 aliphatic carbocycles. The first-order valence-electron chi connectivity index (χ1n) is 7.80. The number of benzene rings is 1. The molecule has 3 aromatic rings. The van der Waals surface area contributed by atoms with Crippen molar-refractivity contribution in [1.29, 1.82) is 0 Å². The maximum atomic E-state index is 12.5. The highest BCUT2D eigenvalue weighted by atomic mass is 32.1. The van der Waals surface area contributed by atoms with Crippen LogP contribution in [0.4, 0.5) is 0 Å². The van der Waals surface area contributed by atoms with Crippen molar-refractivity contribution in [3.63, 3.8) is 0 Å². The van der Waals surface area contributed by atoms with Crippen molar-refractivity contribution in [2.45, 2.75) is 33.2 Å². The third-order valence-corrected chi connectivity index (χ3v) is 5.08. The van der Waals surface area contributed by atoms with Crippen LogP contribution in [0.15, 0.2) is 41.5 Å². The summed E-state index contributed by atoms with van der Waals surface area (Å²) < 4.78 is 7.38. The van der Waals surface area contributed by atoms with E-state index < -0.39 is 0 Å². The lowest BCUT2D eigenvalue weighted by Gasteiger charge is -2.07. The molecule has 0 atom stereocenters. The highest BCUT2D eigenvalue weighted by Gasteiger charge is 2.11. The third-order valence-electron chi connectivity index (χ3n) is 3.96. The molecular formula is C18H20N2O2S. The number of para-hydroxylation sites is 1. The molecule has 0 saturated heterocycles. The molecule has 0 N–H and O–H groups in total. The molecule has 0 amide bonds. The minimum absolute atomic E-state index is 0.0702. The minimum Gasteiger partial charge on any atom is -0.494 e. The van der Waals surface area contributed by atoms with Crippen LogP contribution in [-0.4, -0.2) is 16.2 Å². The van der Waals surface area contributed by atoms with Crippen LogP contribution in [0.3, 0.4) is 0 Å². The molecule has 0 aliphatic heterocycles. The first-order valence-corrected chi connectivity index (χ1v) is 8.61. The summed E-state index contributed by atoms with van der Waals surface area (Å²) in [7, 11) is 0. The number of aryl methyl sites for hydroxylation is 3. The predicted molar refractivity (Wildman–Crippen MR) is 94.5 cm³/mol. The Bertz CT molecular complexity index is 853. The maximum Gasteiger partial charge on any atom is 0.262 e. The predicted octanol–water partition coefficient (Wildman–Crippen LogP) is 3.93. The summed E-state index contributed by atoms with van der Waals surface area (Å²) in [5, 5.41) is 0.774. The largest absolute Gasteiger partial charge is 0.494 e. The van der Waals surface area contributed by atoms with Crippen molar-refractivity contribution >= 4 is 21.6 Å². The number of ether oxygens (including phenoxy) is 1. The second-order valence-corrected chi connectivity index (χ2v) is 6.78. The lowest BCUT2D eigenvalue weighted by molar-refractivity contribution is 0.303. The number of nitrogens with zero attached hydrogens (tertiary/aromatic N) is 2. The molecule has 0 aliphatic rings. The molecule has 0 radical (unpaired) electrons. The third kappa shape index (κ3) is 3.45. The van der Waals surface area contributed by atoms with Crippen molar-refractivity contribution in [2.24, 2.45) is 0 Å². The van der Waals surface area contributed by atoms with Gasteiger partial charge < -0.3 is 4.74 Å².